The molecule has 3 saturated carbocycles. The Balaban J connectivity index is 1.47. The lowest BCUT2D eigenvalue weighted by Gasteiger charge is -2.39. The molecule has 3 aliphatic carbocycles. The Hall–Kier alpha value is -3.18. The van der Waals surface area contributed by atoms with Crippen molar-refractivity contribution in [2.24, 2.45) is 28.9 Å². The standard InChI is InChI=1S/C31H49N5O7/c1-18-12-15-36(22(18)26(39)33-21(16-19-8-9-19)23(37)25(32)38)27(40)24(30(2,3)4)34-29(42)35-31(13-6-5-7-14-31)28(41)43-17-20-10-11-20/h18-22,24H,5-17H2,1-4H3,(H2,32,38)(H,33,39)(H2,34,35,42)/t18-,21?,22-,24+/m0/s1. The zero-order valence-corrected chi connectivity index (χ0v) is 26.0. The van der Waals surface area contributed by atoms with Gasteiger partial charge in [-0.25, -0.2) is 9.59 Å². The van der Waals surface area contributed by atoms with E-state index in [1.165, 1.54) is 4.90 Å². The lowest BCUT2D eigenvalue weighted by Crippen LogP contribution is -2.64. The number of likely N-dealkylation sites (tertiary alicyclic amines) is 1. The lowest BCUT2D eigenvalue weighted by molar-refractivity contribution is -0.153. The van der Waals surface area contributed by atoms with E-state index in [9.17, 15) is 28.8 Å². The molecule has 4 aliphatic rings. The first-order chi connectivity index (χ1) is 20.2. The molecule has 0 aromatic carbocycles. The second-order valence-corrected chi connectivity index (χ2v) is 14.3. The molecular formula is C31H49N5O7. The van der Waals surface area contributed by atoms with Crippen LogP contribution in [-0.4, -0.2) is 77.2 Å². The minimum atomic E-state index is -1.14. The SMILES string of the molecule is C[C@H]1CCN(C(=O)[C@@H](NC(=O)NC2(C(=O)OCC3CC3)CCCCC2)C(C)(C)C)[C@@H]1C(=O)NC(CC1CC1)C(=O)C(N)=O. The number of ketones is 1. The van der Waals surface area contributed by atoms with Crippen molar-refractivity contribution in [3.05, 3.63) is 0 Å². The molecule has 0 spiro atoms. The molecule has 1 unspecified atom stereocenters. The summed E-state index contributed by atoms with van der Waals surface area (Å²) < 4.78 is 5.60. The van der Waals surface area contributed by atoms with Crippen LogP contribution in [0.1, 0.15) is 98.3 Å². The Morgan fingerprint density at radius 2 is 1.56 bits per heavy atom. The van der Waals surface area contributed by atoms with Crippen LogP contribution in [0.25, 0.3) is 0 Å². The van der Waals surface area contributed by atoms with Crippen molar-refractivity contribution < 1.29 is 33.5 Å². The summed E-state index contributed by atoms with van der Waals surface area (Å²) in [5.41, 5.74) is 3.37. The average molecular weight is 604 g/mol. The van der Waals surface area contributed by atoms with Crippen LogP contribution >= 0.6 is 0 Å². The van der Waals surface area contributed by atoms with Gasteiger partial charge in [0.25, 0.3) is 5.91 Å². The van der Waals surface area contributed by atoms with Crippen LogP contribution in [0.15, 0.2) is 0 Å². The van der Waals surface area contributed by atoms with Crippen LogP contribution < -0.4 is 21.7 Å². The second kappa shape index (κ2) is 13.2. The van der Waals surface area contributed by atoms with Gasteiger partial charge in [-0.05, 0) is 61.7 Å². The zero-order valence-electron chi connectivity index (χ0n) is 26.0. The largest absolute Gasteiger partial charge is 0.464 e. The quantitative estimate of drug-likeness (QED) is 0.195. The molecule has 4 fully saturated rings. The number of carbonyl (C=O) groups excluding carboxylic acids is 6. The molecule has 0 radical (unpaired) electrons. The van der Waals surface area contributed by atoms with Crippen LogP contribution in [0.2, 0.25) is 0 Å². The Bertz CT molecular complexity index is 1100. The number of urea groups is 1. The zero-order chi connectivity index (χ0) is 31.5. The summed E-state index contributed by atoms with van der Waals surface area (Å²) in [6.07, 6.45) is 8.28. The highest BCUT2D eigenvalue weighted by Crippen LogP contribution is 2.35. The Labute approximate surface area is 253 Å². The van der Waals surface area contributed by atoms with Crippen molar-refractivity contribution in [2.75, 3.05) is 13.2 Å². The third-order valence-corrected chi connectivity index (χ3v) is 9.38. The molecule has 12 nitrogen and oxygen atoms in total. The van der Waals surface area contributed by atoms with Gasteiger partial charge in [0.15, 0.2) is 0 Å². The Kier molecular flexibility index (Phi) is 10.1. The summed E-state index contributed by atoms with van der Waals surface area (Å²) in [4.78, 5) is 79.8. The summed E-state index contributed by atoms with van der Waals surface area (Å²) in [5, 5.41) is 8.42. The number of esters is 1. The number of ether oxygens (including phenoxy) is 1. The molecule has 1 saturated heterocycles. The first-order valence-corrected chi connectivity index (χ1v) is 15.9. The fourth-order valence-corrected chi connectivity index (χ4v) is 6.29. The topological polar surface area (TPSA) is 177 Å². The van der Waals surface area contributed by atoms with Crippen molar-refractivity contribution >= 4 is 35.5 Å². The minimum absolute atomic E-state index is 0.213. The molecule has 5 N–H and O–H groups in total. The summed E-state index contributed by atoms with van der Waals surface area (Å²) in [5.74, 6) is -2.89. The summed E-state index contributed by atoms with van der Waals surface area (Å²) in [6, 6.07) is -3.56. The first kappa shape index (κ1) is 32.7. The van der Waals surface area contributed by atoms with Gasteiger partial charge >= 0.3 is 12.0 Å². The lowest BCUT2D eigenvalue weighted by atomic mass is 9.81. The van der Waals surface area contributed by atoms with Crippen molar-refractivity contribution in [3.63, 3.8) is 0 Å². The van der Waals surface area contributed by atoms with Crippen molar-refractivity contribution in [3.8, 4) is 0 Å². The number of hydrogen-bond donors (Lipinski definition) is 4. The highest BCUT2D eigenvalue weighted by molar-refractivity contribution is 6.37. The molecule has 1 heterocycles. The van der Waals surface area contributed by atoms with Crippen molar-refractivity contribution in [1.82, 2.24) is 20.9 Å². The van der Waals surface area contributed by atoms with E-state index in [1.54, 1.807) is 0 Å². The molecule has 0 bridgehead atoms. The normalized spacial score (nSPS) is 24.8. The van der Waals surface area contributed by atoms with Gasteiger partial charge in [0.05, 0.1) is 12.6 Å². The van der Waals surface area contributed by atoms with Crippen LogP contribution in [0.4, 0.5) is 4.79 Å². The number of carbonyl (C=O) groups is 6. The monoisotopic (exact) mass is 603 g/mol. The summed E-state index contributed by atoms with van der Waals surface area (Å²) in [7, 11) is 0. The molecule has 5 amide bonds. The Morgan fingerprint density at radius 1 is 0.930 bits per heavy atom. The van der Waals surface area contributed by atoms with Gasteiger partial charge in [0.2, 0.25) is 17.6 Å². The van der Waals surface area contributed by atoms with Gasteiger partial charge in [-0.15, -0.1) is 0 Å². The average Bonchev–Trinajstić information content (AvgIpc) is 3.88. The van der Waals surface area contributed by atoms with E-state index in [-0.39, 0.29) is 11.8 Å². The molecule has 4 atom stereocenters. The number of amides is 5. The van der Waals surface area contributed by atoms with Gasteiger partial charge in [-0.2, -0.15) is 0 Å². The molecule has 4 rings (SSSR count). The molecule has 0 aromatic rings. The van der Waals surface area contributed by atoms with Crippen molar-refractivity contribution in [1.29, 1.82) is 0 Å². The molecular weight excluding hydrogens is 554 g/mol. The molecule has 1 aliphatic heterocycles. The van der Waals surface area contributed by atoms with E-state index >= 15 is 0 Å². The predicted molar refractivity (Wildman–Crippen MR) is 157 cm³/mol. The second-order valence-electron chi connectivity index (χ2n) is 14.3. The van der Waals surface area contributed by atoms with Gasteiger partial charge in [0, 0.05) is 6.54 Å². The number of nitrogens with one attached hydrogen (secondary N) is 3. The third-order valence-electron chi connectivity index (χ3n) is 9.38. The number of primary amides is 1. The highest BCUT2D eigenvalue weighted by atomic mass is 16.5. The maximum Gasteiger partial charge on any atom is 0.331 e. The van der Waals surface area contributed by atoms with Gasteiger partial charge < -0.3 is 31.3 Å². The highest BCUT2D eigenvalue weighted by Gasteiger charge is 2.48. The van der Waals surface area contributed by atoms with Crippen LogP contribution in [0, 0.1) is 23.2 Å². The van der Waals surface area contributed by atoms with E-state index in [4.69, 9.17) is 10.5 Å². The number of nitrogens with two attached hydrogens (primary N) is 1. The summed E-state index contributed by atoms with van der Waals surface area (Å²) in [6.45, 7) is 7.97. The molecule has 240 valence electrons. The van der Waals surface area contributed by atoms with Crippen LogP contribution in [0.3, 0.4) is 0 Å². The number of rotatable bonds is 12. The fraction of sp³-hybridized carbons (Fsp3) is 0.806. The smallest absolute Gasteiger partial charge is 0.331 e. The minimum Gasteiger partial charge on any atom is -0.464 e. The molecule has 43 heavy (non-hydrogen) atoms. The van der Waals surface area contributed by atoms with E-state index in [0.29, 0.717) is 44.8 Å². The third kappa shape index (κ3) is 8.26. The van der Waals surface area contributed by atoms with Gasteiger partial charge in [-0.1, -0.05) is 59.8 Å². The molecule has 0 aromatic heterocycles. The van der Waals surface area contributed by atoms with Crippen LogP contribution in [0.5, 0.6) is 0 Å². The van der Waals surface area contributed by atoms with Gasteiger partial charge in [-0.3, -0.25) is 19.2 Å². The van der Waals surface area contributed by atoms with E-state index in [0.717, 1.165) is 44.9 Å². The van der Waals surface area contributed by atoms with Gasteiger partial charge in [0.1, 0.15) is 17.6 Å². The van der Waals surface area contributed by atoms with E-state index < -0.39 is 64.6 Å². The number of Topliss-reactive ketones (excluding diaryl/α,β-unsaturated/α-hetero) is 1. The maximum absolute atomic E-state index is 14.1. The van der Waals surface area contributed by atoms with E-state index in [2.05, 4.69) is 16.0 Å². The summed E-state index contributed by atoms with van der Waals surface area (Å²) >= 11 is 0. The number of hydrogen-bond acceptors (Lipinski definition) is 7. The Morgan fingerprint density at radius 3 is 2.12 bits per heavy atom. The fourth-order valence-electron chi connectivity index (χ4n) is 6.29. The maximum atomic E-state index is 14.1. The van der Waals surface area contributed by atoms with Crippen molar-refractivity contribution in [2.45, 2.75) is 122 Å². The van der Waals surface area contributed by atoms with Crippen LogP contribution in [-0.2, 0) is 28.7 Å². The first-order valence-electron chi connectivity index (χ1n) is 15.9. The predicted octanol–water partition coefficient (Wildman–Crippen LogP) is 1.93. The van der Waals surface area contributed by atoms with E-state index in [1.807, 2.05) is 27.7 Å². The number of nitrogens with zero attached hydrogens (tertiary/aromatic N) is 1. The molecule has 12 heteroatoms.